The zero-order valence-electron chi connectivity index (χ0n) is 15.7. The van der Waals surface area contributed by atoms with Crippen LogP contribution in [0.5, 0.6) is 0 Å². The summed E-state index contributed by atoms with van der Waals surface area (Å²) in [5.74, 6) is -0.388. The number of hydrogen-bond acceptors (Lipinski definition) is 7. The maximum absolute atomic E-state index is 11.8. The van der Waals surface area contributed by atoms with Crippen LogP contribution in [-0.2, 0) is 14.0 Å². The molecule has 0 aliphatic carbocycles. The highest BCUT2D eigenvalue weighted by Gasteiger charge is 2.52. The minimum Gasteiger partial charge on any atom is -0.465 e. The number of likely N-dealkylation sites (N-methyl/N-ethyl adjacent to an activating group) is 1. The van der Waals surface area contributed by atoms with Crippen molar-refractivity contribution < 1.29 is 18.8 Å². The van der Waals surface area contributed by atoms with Gasteiger partial charge in [-0.25, -0.2) is 9.78 Å². The third kappa shape index (κ3) is 4.03. The van der Waals surface area contributed by atoms with Crippen molar-refractivity contribution in [1.82, 2.24) is 10.3 Å². The Balaban J connectivity index is 2.37. The SMILES string of the molecule is CNCC(=Cc1cnc(N)c(C(=O)OC)c1)B1OC(C)(C)C(C)(C)O1. The van der Waals surface area contributed by atoms with E-state index in [9.17, 15) is 4.79 Å². The van der Waals surface area contributed by atoms with Crippen LogP contribution in [0.1, 0.15) is 43.6 Å². The Labute approximate surface area is 149 Å². The number of carbonyl (C=O) groups excluding carboxylic acids is 1. The van der Waals surface area contributed by atoms with Crippen LogP contribution in [0.2, 0.25) is 0 Å². The maximum Gasteiger partial charge on any atom is 0.491 e. The molecule has 2 rings (SSSR count). The summed E-state index contributed by atoms with van der Waals surface area (Å²) in [6.07, 6.45) is 3.49. The number of esters is 1. The van der Waals surface area contributed by atoms with Crippen molar-refractivity contribution in [2.45, 2.75) is 38.9 Å². The van der Waals surface area contributed by atoms with E-state index in [-0.39, 0.29) is 11.4 Å². The minimum absolute atomic E-state index is 0.134. The highest BCUT2D eigenvalue weighted by Crippen LogP contribution is 2.38. The van der Waals surface area contributed by atoms with E-state index in [1.54, 1.807) is 12.3 Å². The van der Waals surface area contributed by atoms with Gasteiger partial charge in [0.25, 0.3) is 0 Å². The number of pyridine rings is 1. The summed E-state index contributed by atoms with van der Waals surface area (Å²) in [5, 5.41) is 3.11. The molecule has 0 unspecified atom stereocenters. The molecule has 1 aliphatic rings. The van der Waals surface area contributed by atoms with E-state index < -0.39 is 24.3 Å². The van der Waals surface area contributed by atoms with Crippen molar-refractivity contribution in [1.29, 1.82) is 0 Å². The molecule has 0 atom stereocenters. The average Bonchev–Trinajstić information content (AvgIpc) is 2.76. The molecule has 1 aliphatic heterocycles. The second-order valence-corrected chi connectivity index (χ2v) is 7.03. The summed E-state index contributed by atoms with van der Waals surface area (Å²) in [4.78, 5) is 15.9. The molecule has 2 heterocycles. The lowest BCUT2D eigenvalue weighted by Crippen LogP contribution is -2.41. The van der Waals surface area contributed by atoms with Gasteiger partial charge < -0.3 is 25.1 Å². The third-order valence-electron chi connectivity index (χ3n) is 4.63. The fourth-order valence-electron chi connectivity index (χ4n) is 2.46. The Morgan fingerprint density at radius 2 is 1.96 bits per heavy atom. The number of methoxy groups -OCH3 is 1. The summed E-state index contributed by atoms with van der Waals surface area (Å²) in [6.45, 7) is 8.58. The normalized spacial score (nSPS) is 19.1. The van der Waals surface area contributed by atoms with E-state index in [4.69, 9.17) is 19.8 Å². The monoisotopic (exact) mass is 347 g/mol. The maximum atomic E-state index is 11.8. The molecule has 0 radical (unpaired) electrons. The van der Waals surface area contributed by atoms with E-state index >= 15 is 0 Å². The lowest BCUT2D eigenvalue weighted by atomic mass is 9.77. The average molecular weight is 347 g/mol. The van der Waals surface area contributed by atoms with Gasteiger partial charge in [-0.05, 0) is 51.8 Å². The second kappa shape index (κ2) is 7.15. The van der Waals surface area contributed by atoms with Crippen molar-refractivity contribution >= 4 is 25.0 Å². The molecule has 0 spiro atoms. The van der Waals surface area contributed by atoms with Crippen molar-refractivity contribution in [3.05, 3.63) is 28.9 Å². The summed E-state index contributed by atoms with van der Waals surface area (Å²) < 4.78 is 17.0. The summed E-state index contributed by atoms with van der Waals surface area (Å²) in [5.41, 5.74) is 6.74. The zero-order chi connectivity index (χ0) is 18.8. The van der Waals surface area contributed by atoms with Crippen LogP contribution in [0, 0.1) is 0 Å². The van der Waals surface area contributed by atoms with E-state index in [0.717, 1.165) is 11.0 Å². The molecule has 0 saturated carbocycles. The number of nitrogen functional groups attached to an aromatic ring is 1. The topological polar surface area (TPSA) is 95.7 Å². The Bertz CT molecular complexity index is 672. The van der Waals surface area contributed by atoms with Gasteiger partial charge in [-0.3, -0.25) is 0 Å². The standard InChI is InChI=1S/C17H26BN3O4/c1-16(2)17(3,4)25-18(24-16)12(10-20-5)7-11-8-13(15(22)23-6)14(19)21-9-11/h7-9,20H,10H2,1-6H3,(H2,19,21). The van der Waals surface area contributed by atoms with E-state index in [1.807, 2.05) is 40.8 Å². The van der Waals surface area contributed by atoms with Crippen molar-refractivity contribution in [2.75, 3.05) is 26.4 Å². The molecule has 136 valence electrons. The predicted molar refractivity (Wildman–Crippen MR) is 98.0 cm³/mol. The number of ether oxygens (including phenoxy) is 1. The van der Waals surface area contributed by atoms with Gasteiger partial charge in [0, 0.05) is 12.7 Å². The highest BCUT2D eigenvalue weighted by molar-refractivity contribution is 6.55. The molecule has 0 aromatic carbocycles. The fourth-order valence-corrected chi connectivity index (χ4v) is 2.46. The molecule has 0 bridgehead atoms. The van der Waals surface area contributed by atoms with Gasteiger partial charge in [-0.1, -0.05) is 6.08 Å². The first-order valence-electron chi connectivity index (χ1n) is 8.16. The first kappa shape index (κ1) is 19.4. The number of nitrogens with zero attached hydrogens (tertiary/aromatic N) is 1. The zero-order valence-corrected chi connectivity index (χ0v) is 15.7. The third-order valence-corrected chi connectivity index (χ3v) is 4.63. The Morgan fingerprint density at radius 1 is 1.36 bits per heavy atom. The fraction of sp³-hybridized carbons (Fsp3) is 0.529. The molecule has 1 saturated heterocycles. The quantitative estimate of drug-likeness (QED) is 0.618. The Kier molecular flexibility index (Phi) is 5.56. The molecule has 1 aromatic heterocycles. The number of aromatic nitrogens is 1. The summed E-state index contributed by atoms with van der Waals surface area (Å²) in [6, 6.07) is 1.65. The molecular formula is C17H26BN3O4. The van der Waals surface area contributed by atoms with Crippen LogP contribution in [0.15, 0.2) is 17.7 Å². The van der Waals surface area contributed by atoms with E-state index in [2.05, 4.69) is 10.3 Å². The van der Waals surface area contributed by atoms with E-state index in [0.29, 0.717) is 6.54 Å². The first-order chi connectivity index (χ1) is 11.6. The van der Waals surface area contributed by atoms with Crippen molar-refractivity contribution in [2.24, 2.45) is 0 Å². The first-order valence-corrected chi connectivity index (χ1v) is 8.16. The van der Waals surface area contributed by atoms with Crippen molar-refractivity contribution in [3.8, 4) is 0 Å². The molecule has 8 heteroatoms. The van der Waals surface area contributed by atoms with Gasteiger partial charge >= 0.3 is 13.1 Å². The largest absolute Gasteiger partial charge is 0.491 e. The van der Waals surface area contributed by atoms with Gasteiger partial charge in [0.05, 0.1) is 18.3 Å². The van der Waals surface area contributed by atoms with E-state index in [1.165, 1.54) is 7.11 Å². The van der Waals surface area contributed by atoms with Crippen LogP contribution in [0.25, 0.3) is 6.08 Å². The molecule has 0 amide bonds. The number of hydrogen-bond donors (Lipinski definition) is 2. The molecule has 7 nitrogen and oxygen atoms in total. The summed E-state index contributed by atoms with van der Waals surface area (Å²) in [7, 11) is 2.66. The van der Waals surface area contributed by atoms with Gasteiger partial charge in [0.1, 0.15) is 11.4 Å². The Morgan fingerprint density at radius 3 is 2.48 bits per heavy atom. The molecule has 25 heavy (non-hydrogen) atoms. The van der Waals surface area contributed by atoms with Crippen LogP contribution < -0.4 is 11.1 Å². The number of nitrogens with two attached hydrogens (primary N) is 1. The molecule has 1 aromatic rings. The van der Waals surface area contributed by atoms with Crippen LogP contribution >= 0.6 is 0 Å². The molecule has 1 fully saturated rings. The van der Waals surface area contributed by atoms with Crippen LogP contribution in [0.4, 0.5) is 5.82 Å². The number of anilines is 1. The summed E-state index contributed by atoms with van der Waals surface area (Å²) >= 11 is 0. The van der Waals surface area contributed by atoms with Crippen LogP contribution in [0.3, 0.4) is 0 Å². The smallest absolute Gasteiger partial charge is 0.465 e. The lowest BCUT2D eigenvalue weighted by Gasteiger charge is -2.32. The van der Waals surface area contributed by atoms with Gasteiger partial charge in [0.15, 0.2) is 0 Å². The lowest BCUT2D eigenvalue weighted by molar-refractivity contribution is 0.00578. The minimum atomic E-state index is -0.522. The number of rotatable bonds is 5. The van der Waals surface area contributed by atoms with Crippen molar-refractivity contribution in [3.63, 3.8) is 0 Å². The van der Waals surface area contributed by atoms with Gasteiger partial charge in [0.2, 0.25) is 0 Å². The number of nitrogens with one attached hydrogen (secondary N) is 1. The van der Waals surface area contributed by atoms with Gasteiger partial charge in [-0.15, -0.1) is 0 Å². The highest BCUT2D eigenvalue weighted by atomic mass is 16.7. The predicted octanol–water partition coefficient (Wildman–Crippen LogP) is 1.68. The second-order valence-electron chi connectivity index (χ2n) is 7.03. The van der Waals surface area contributed by atoms with Crippen LogP contribution in [-0.4, -0.2) is 50.0 Å². The number of carbonyl (C=O) groups is 1. The van der Waals surface area contributed by atoms with Gasteiger partial charge in [-0.2, -0.15) is 0 Å². The Hall–Kier alpha value is -1.90. The molecule has 3 N–H and O–H groups in total. The molecular weight excluding hydrogens is 321 g/mol.